The van der Waals surface area contributed by atoms with Crippen molar-refractivity contribution in [1.29, 1.82) is 10.5 Å². The molecule has 0 atom stereocenters. The molecule has 0 bridgehead atoms. The number of allylic oxidation sites excluding steroid dienone is 2. The molecule has 0 aromatic carbocycles. The van der Waals surface area contributed by atoms with Gasteiger partial charge in [0.15, 0.2) is 16.5 Å². The molecule has 0 aliphatic carbocycles. The number of H-pyrrole nitrogens is 1. The highest BCUT2D eigenvalue weighted by Gasteiger charge is 2.13. The van der Waals surface area contributed by atoms with Gasteiger partial charge in [-0.15, -0.1) is 22.7 Å². The number of nitrogens with one attached hydrogen (secondary N) is 1. The lowest BCUT2D eigenvalue weighted by atomic mass is 10.3. The van der Waals surface area contributed by atoms with E-state index in [1.54, 1.807) is 12.3 Å². The van der Waals surface area contributed by atoms with E-state index in [2.05, 4.69) is 19.7 Å². The number of nitrogens with zero attached hydrogens (tertiary/aromatic N) is 5. The predicted octanol–water partition coefficient (Wildman–Crippen LogP) is 6.69. The molecule has 0 radical (unpaired) electrons. The number of furan rings is 1. The van der Waals surface area contributed by atoms with Gasteiger partial charge in [0.25, 0.3) is 11.4 Å². The lowest BCUT2D eigenvalue weighted by molar-refractivity contribution is 0.595. The van der Waals surface area contributed by atoms with Gasteiger partial charge in [-0.1, -0.05) is 0 Å². The molecule has 0 amide bonds. The summed E-state index contributed by atoms with van der Waals surface area (Å²) in [6.07, 6.45) is 4.67. The van der Waals surface area contributed by atoms with Crippen LogP contribution in [0.3, 0.4) is 0 Å². The highest BCUT2D eigenvalue weighted by Crippen LogP contribution is 2.34. The largest absolute Gasteiger partial charge is 0.452 e. The average molecular weight is 451 g/mol. The molecule has 4 heterocycles. The zero-order chi connectivity index (χ0) is 22.5. The zero-order valence-corrected chi connectivity index (χ0v) is 17.8. The maximum atomic E-state index is 8.91. The van der Waals surface area contributed by atoms with Gasteiger partial charge >= 0.3 is 0 Å². The highest BCUT2D eigenvalue weighted by molar-refractivity contribution is 7.16. The summed E-state index contributed by atoms with van der Waals surface area (Å²) < 4.78 is 5.96. The van der Waals surface area contributed by atoms with Crippen molar-refractivity contribution in [3.8, 4) is 44.9 Å². The van der Waals surface area contributed by atoms with Gasteiger partial charge < -0.3 is 9.40 Å². The molecule has 4 rings (SSSR count). The second-order valence-electron chi connectivity index (χ2n) is 6.23. The highest BCUT2D eigenvalue weighted by atomic mass is 32.1. The number of thiophene rings is 1. The maximum absolute atomic E-state index is 8.91. The van der Waals surface area contributed by atoms with Gasteiger partial charge in [0.2, 0.25) is 0 Å². The van der Waals surface area contributed by atoms with E-state index in [1.807, 2.05) is 48.5 Å². The smallest absolute Gasteiger partial charge is 0.263 e. The van der Waals surface area contributed by atoms with Crippen LogP contribution < -0.4 is 0 Å². The Kier molecular flexibility index (Phi) is 5.79. The van der Waals surface area contributed by atoms with Crippen LogP contribution in [0.2, 0.25) is 0 Å². The van der Waals surface area contributed by atoms with Gasteiger partial charge in [-0.05, 0) is 48.6 Å². The van der Waals surface area contributed by atoms with Gasteiger partial charge in [0.05, 0.1) is 41.5 Å². The van der Waals surface area contributed by atoms with Gasteiger partial charge in [-0.25, -0.2) is 25.2 Å². The third-order valence-corrected chi connectivity index (χ3v) is 6.24. The van der Waals surface area contributed by atoms with E-state index in [9.17, 15) is 0 Å². The van der Waals surface area contributed by atoms with Crippen LogP contribution in [-0.2, 0) is 0 Å². The van der Waals surface area contributed by atoms with Crippen LogP contribution in [-0.4, -0.2) is 9.97 Å². The molecular formula is C23H10N6OS2. The third kappa shape index (κ3) is 4.26. The molecule has 1 N–H and O–H groups in total. The lowest BCUT2D eigenvalue weighted by Crippen LogP contribution is -1.74. The summed E-state index contributed by atoms with van der Waals surface area (Å²) >= 11 is 2.81. The molecule has 0 unspecified atom stereocenters. The van der Waals surface area contributed by atoms with Crippen LogP contribution in [0.25, 0.3) is 54.6 Å². The van der Waals surface area contributed by atoms with Gasteiger partial charge in [-0.3, -0.25) is 0 Å². The molecular weight excluding hydrogens is 440 g/mol. The Morgan fingerprint density at radius 3 is 2.31 bits per heavy atom. The summed E-state index contributed by atoms with van der Waals surface area (Å²) in [6.45, 7) is 13.9. The lowest BCUT2D eigenvalue weighted by Gasteiger charge is -1.94. The first-order valence-electron chi connectivity index (χ1n) is 8.97. The Labute approximate surface area is 191 Å². The van der Waals surface area contributed by atoms with E-state index in [4.69, 9.17) is 28.1 Å². The topological polar surface area (TPSA) is 98.1 Å². The number of nitriles is 2. The van der Waals surface area contributed by atoms with Crippen LogP contribution in [0.4, 0.5) is 0 Å². The molecule has 7 nitrogen and oxygen atoms in total. The van der Waals surface area contributed by atoms with Crippen LogP contribution >= 0.6 is 22.7 Å². The molecule has 0 aliphatic heterocycles. The second kappa shape index (κ2) is 9.00. The standard InChI is InChI=1S/C23H10N6OS2/c1-26-14(11-24)9-16-3-8-22(31-16)19-5-4-18(29-19)20-6-7-21(30-20)23-28-13-17(32-23)10-15(12-25)27-2/h3-10,13,29H/b14-9+,15-10-. The van der Waals surface area contributed by atoms with Crippen molar-refractivity contribution in [2.45, 2.75) is 0 Å². The van der Waals surface area contributed by atoms with Crippen LogP contribution in [0.15, 0.2) is 58.4 Å². The van der Waals surface area contributed by atoms with E-state index < -0.39 is 0 Å². The van der Waals surface area contributed by atoms with Crippen LogP contribution in [0, 0.1) is 35.8 Å². The fourth-order valence-electron chi connectivity index (χ4n) is 2.77. The Balaban J connectivity index is 1.55. The molecule has 150 valence electrons. The van der Waals surface area contributed by atoms with E-state index in [-0.39, 0.29) is 11.4 Å². The number of hydrogen-bond acceptors (Lipinski definition) is 6. The predicted molar refractivity (Wildman–Crippen MR) is 123 cm³/mol. The van der Waals surface area contributed by atoms with Gasteiger partial charge in [0, 0.05) is 16.0 Å². The van der Waals surface area contributed by atoms with Crippen molar-refractivity contribution in [1.82, 2.24) is 9.97 Å². The fourth-order valence-corrected chi connectivity index (χ4v) is 4.51. The Morgan fingerprint density at radius 1 is 0.906 bits per heavy atom. The molecule has 9 heteroatoms. The number of thiazole rings is 1. The molecule has 0 aliphatic rings. The molecule has 0 fully saturated rings. The minimum atomic E-state index is 0.00408. The van der Waals surface area contributed by atoms with Gasteiger partial charge in [-0.2, -0.15) is 0 Å². The summed E-state index contributed by atoms with van der Waals surface area (Å²) in [5, 5.41) is 18.5. The van der Waals surface area contributed by atoms with Crippen molar-refractivity contribution >= 4 is 34.8 Å². The van der Waals surface area contributed by atoms with E-state index in [1.165, 1.54) is 28.7 Å². The normalized spacial score (nSPS) is 11.4. The van der Waals surface area contributed by atoms with Crippen molar-refractivity contribution in [3.05, 3.63) is 86.6 Å². The number of hydrogen-bond donors (Lipinski definition) is 1. The number of aromatic amines is 1. The minimum Gasteiger partial charge on any atom is -0.452 e. The van der Waals surface area contributed by atoms with E-state index >= 15 is 0 Å². The quantitative estimate of drug-likeness (QED) is 0.270. The van der Waals surface area contributed by atoms with Crippen LogP contribution in [0.5, 0.6) is 0 Å². The molecule has 0 saturated carbocycles. The summed E-state index contributed by atoms with van der Waals surface area (Å²) in [7, 11) is 0. The first kappa shape index (κ1) is 20.6. The molecule has 0 spiro atoms. The molecule has 0 saturated heterocycles. The molecule has 4 aromatic rings. The van der Waals surface area contributed by atoms with E-state index in [0.717, 1.165) is 21.1 Å². The first-order chi connectivity index (χ1) is 15.6. The first-order valence-corrected chi connectivity index (χ1v) is 10.6. The van der Waals surface area contributed by atoms with Crippen molar-refractivity contribution < 1.29 is 4.42 Å². The maximum Gasteiger partial charge on any atom is 0.263 e. The SMILES string of the molecule is [C-]#[N+]/C(C#N)=C\c1cnc(-c2ccc(-c3ccc(-c4ccc(/C=C(\C#N)[N+]#[C-])s4)[nH]3)o2)s1. The van der Waals surface area contributed by atoms with Gasteiger partial charge in [0.1, 0.15) is 0 Å². The summed E-state index contributed by atoms with van der Waals surface area (Å²) in [4.78, 5) is 16.5. The average Bonchev–Trinajstić information content (AvgIpc) is 3.61. The summed E-state index contributed by atoms with van der Waals surface area (Å²) in [5.74, 6) is 1.24. The van der Waals surface area contributed by atoms with Crippen molar-refractivity contribution in [2.75, 3.05) is 0 Å². The van der Waals surface area contributed by atoms with E-state index in [0.29, 0.717) is 21.4 Å². The Morgan fingerprint density at radius 2 is 1.59 bits per heavy atom. The molecule has 32 heavy (non-hydrogen) atoms. The van der Waals surface area contributed by atoms with Crippen LogP contribution in [0.1, 0.15) is 9.75 Å². The summed E-state index contributed by atoms with van der Waals surface area (Å²) in [5.41, 5.74) is 1.75. The fraction of sp³-hybridized carbons (Fsp3) is 0. The Hall–Kier alpha value is -4.67. The van der Waals surface area contributed by atoms with Crippen molar-refractivity contribution in [3.63, 3.8) is 0 Å². The Bertz CT molecular complexity index is 1380. The zero-order valence-electron chi connectivity index (χ0n) is 16.2. The van der Waals surface area contributed by atoms with Crippen molar-refractivity contribution in [2.24, 2.45) is 0 Å². The number of aromatic nitrogens is 2. The third-order valence-electron chi connectivity index (χ3n) is 4.21. The number of rotatable bonds is 5. The summed E-state index contributed by atoms with van der Waals surface area (Å²) in [6, 6.07) is 15.0. The minimum absolute atomic E-state index is 0.00408. The molecule has 4 aromatic heterocycles. The second-order valence-corrected chi connectivity index (χ2v) is 8.40. The monoisotopic (exact) mass is 450 g/mol.